The Morgan fingerprint density at radius 1 is 1.59 bits per heavy atom. The molecule has 2 rings (SSSR count). The van der Waals surface area contributed by atoms with Crippen LogP contribution >= 0.6 is 23.1 Å². The first-order valence-electron chi connectivity index (χ1n) is 4.73. The van der Waals surface area contributed by atoms with Crippen LogP contribution in [0.15, 0.2) is 22.5 Å². The molecule has 0 spiro atoms. The second-order valence-corrected chi connectivity index (χ2v) is 5.63. The maximum absolute atomic E-state index is 10.8. The third kappa shape index (κ3) is 2.80. The number of nitro groups is 1. The third-order valence-electron chi connectivity index (χ3n) is 1.96. The Morgan fingerprint density at radius 2 is 2.35 bits per heavy atom. The predicted octanol–water partition coefficient (Wildman–Crippen LogP) is 2.89. The molecule has 0 aliphatic rings. The first-order chi connectivity index (χ1) is 8.06. The van der Waals surface area contributed by atoms with E-state index in [1.165, 1.54) is 42.2 Å². The zero-order valence-corrected chi connectivity index (χ0v) is 10.5. The van der Waals surface area contributed by atoms with Crippen molar-refractivity contribution in [2.24, 2.45) is 0 Å². The molecule has 1 heterocycles. The average molecular weight is 268 g/mol. The van der Waals surface area contributed by atoms with Crippen LogP contribution in [0.25, 0.3) is 10.2 Å². The van der Waals surface area contributed by atoms with E-state index >= 15 is 0 Å². The molecule has 0 aliphatic heterocycles. The molecule has 5 nitrogen and oxygen atoms in total. The van der Waals surface area contributed by atoms with Gasteiger partial charge in [-0.3, -0.25) is 14.9 Å². The van der Waals surface area contributed by atoms with Crippen LogP contribution in [-0.2, 0) is 4.79 Å². The van der Waals surface area contributed by atoms with E-state index in [4.69, 9.17) is 0 Å². The van der Waals surface area contributed by atoms with Gasteiger partial charge in [0.2, 0.25) is 0 Å². The fourth-order valence-electron chi connectivity index (χ4n) is 1.23. The van der Waals surface area contributed by atoms with Gasteiger partial charge in [-0.25, -0.2) is 4.98 Å². The fraction of sp³-hybridized carbons (Fsp3) is 0.200. The normalized spacial score (nSPS) is 10.6. The van der Waals surface area contributed by atoms with Crippen LogP contribution in [-0.4, -0.2) is 21.4 Å². The third-order valence-corrected chi connectivity index (χ3v) is 4.27. The second kappa shape index (κ2) is 4.80. The number of hydrogen-bond donors (Lipinski definition) is 0. The van der Waals surface area contributed by atoms with Gasteiger partial charge in [-0.05, 0) is 13.0 Å². The van der Waals surface area contributed by atoms with Crippen molar-refractivity contribution in [3.63, 3.8) is 0 Å². The fourth-order valence-corrected chi connectivity index (χ4v) is 3.13. The molecule has 88 valence electrons. The number of rotatable bonds is 4. The number of fused-ring (bicyclic) bond motifs is 1. The van der Waals surface area contributed by atoms with Crippen LogP contribution in [0.4, 0.5) is 5.69 Å². The Bertz CT molecular complexity index is 594. The van der Waals surface area contributed by atoms with E-state index < -0.39 is 4.92 Å². The quantitative estimate of drug-likeness (QED) is 0.484. The smallest absolute Gasteiger partial charge is 0.270 e. The minimum Gasteiger partial charge on any atom is -0.299 e. The summed E-state index contributed by atoms with van der Waals surface area (Å²) >= 11 is 2.72. The predicted molar refractivity (Wildman–Crippen MR) is 67.7 cm³/mol. The summed E-state index contributed by atoms with van der Waals surface area (Å²) in [6.07, 6.45) is 0. The number of non-ortho nitro benzene ring substituents is 1. The van der Waals surface area contributed by atoms with Gasteiger partial charge in [0, 0.05) is 12.1 Å². The van der Waals surface area contributed by atoms with Crippen LogP contribution < -0.4 is 0 Å². The molecule has 0 N–H and O–H groups in total. The topological polar surface area (TPSA) is 73.1 Å². The van der Waals surface area contributed by atoms with Crippen molar-refractivity contribution in [3.05, 3.63) is 28.3 Å². The van der Waals surface area contributed by atoms with E-state index in [9.17, 15) is 14.9 Å². The van der Waals surface area contributed by atoms with Gasteiger partial charge >= 0.3 is 0 Å². The van der Waals surface area contributed by atoms with Crippen LogP contribution in [0.5, 0.6) is 0 Å². The number of carbonyl (C=O) groups is 1. The van der Waals surface area contributed by atoms with Gasteiger partial charge in [0.05, 0.1) is 20.9 Å². The minimum atomic E-state index is -0.429. The summed E-state index contributed by atoms with van der Waals surface area (Å²) in [5, 5.41) is 10.6. The monoisotopic (exact) mass is 268 g/mol. The van der Waals surface area contributed by atoms with Gasteiger partial charge in [-0.15, -0.1) is 11.3 Å². The van der Waals surface area contributed by atoms with Crippen LogP contribution in [0.2, 0.25) is 0 Å². The van der Waals surface area contributed by atoms with Crippen molar-refractivity contribution >= 4 is 44.8 Å². The van der Waals surface area contributed by atoms with Crippen molar-refractivity contribution in [1.82, 2.24) is 4.98 Å². The van der Waals surface area contributed by atoms with E-state index in [0.717, 1.165) is 14.6 Å². The Balaban J connectivity index is 2.30. The van der Waals surface area contributed by atoms with E-state index in [-0.39, 0.29) is 11.5 Å². The number of nitro benzene ring substituents is 1. The largest absolute Gasteiger partial charge is 0.299 e. The number of benzene rings is 1. The summed E-state index contributed by atoms with van der Waals surface area (Å²) in [7, 11) is 0. The molecule has 2 aromatic rings. The number of nitrogens with zero attached hydrogens (tertiary/aromatic N) is 2. The molecular formula is C10H8N2O3S2. The summed E-state index contributed by atoms with van der Waals surface area (Å²) in [6.45, 7) is 1.52. The first-order valence-corrected chi connectivity index (χ1v) is 6.53. The van der Waals surface area contributed by atoms with Gasteiger partial charge in [0.15, 0.2) is 4.34 Å². The average Bonchev–Trinajstić information content (AvgIpc) is 2.67. The molecule has 17 heavy (non-hydrogen) atoms. The molecular weight excluding hydrogens is 260 g/mol. The molecule has 0 amide bonds. The molecule has 0 atom stereocenters. The lowest BCUT2D eigenvalue weighted by molar-refractivity contribution is -0.384. The number of carbonyl (C=O) groups excluding carboxylic acids is 1. The molecule has 1 aromatic carbocycles. The standard InChI is InChI=1S/C10H8N2O3S2/c1-6(13)5-16-10-11-8-3-2-7(12(14)15)4-9(8)17-10/h2-4H,5H2,1H3. The Kier molecular flexibility index (Phi) is 3.39. The van der Waals surface area contributed by atoms with Crippen molar-refractivity contribution in [2.45, 2.75) is 11.3 Å². The zero-order chi connectivity index (χ0) is 12.4. The lowest BCUT2D eigenvalue weighted by atomic mass is 10.3. The summed E-state index contributed by atoms with van der Waals surface area (Å²) in [5.41, 5.74) is 0.788. The number of hydrogen-bond acceptors (Lipinski definition) is 6. The number of aromatic nitrogens is 1. The maximum Gasteiger partial charge on any atom is 0.270 e. The van der Waals surface area contributed by atoms with Gasteiger partial charge in [0.25, 0.3) is 5.69 Å². The van der Waals surface area contributed by atoms with Crippen LogP contribution in [0.3, 0.4) is 0 Å². The number of thioether (sulfide) groups is 1. The molecule has 0 saturated carbocycles. The van der Waals surface area contributed by atoms with E-state index in [1.807, 2.05) is 0 Å². The molecule has 0 aliphatic carbocycles. The first kappa shape index (κ1) is 12.0. The number of ketones is 1. The lowest BCUT2D eigenvalue weighted by Gasteiger charge is -1.89. The molecule has 0 bridgehead atoms. The SMILES string of the molecule is CC(=O)CSc1nc2ccc([N+](=O)[O-])cc2s1. The maximum atomic E-state index is 10.8. The van der Waals surface area contributed by atoms with Gasteiger partial charge in [-0.1, -0.05) is 11.8 Å². The minimum absolute atomic E-state index is 0.0595. The summed E-state index contributed by atoms with van der Waals surface area (Å²) in [6, 6.07) is 4.56. The lowest BCUT2D eigenvalue weighted by Crippen LogP contribution is -1.91. The molecule has 0 fully saturated rings. The van der Waals surface area contributed by atoms with Crippen molar-refractivity contribution in [1.29, 1.82) is 0 Å². The number of thiazole rings is 1. The zero-order valence-electron chi connectivity index (χ0n) is 8.87. The van der Waals surface area contributed by atoms with E-state index in [2.05, 4.69) is 4.98 Å². The van der Waals surface area contributed by atoms with E-state index in [1.54, 1.807) is 6.07 Å². The van der Waals surface area contributed by atoms with Crippen molar-refractivity contribution in [2.75, 3.05) is 5.75 Å². The van der Waals surface area contributed by atoms with Gasteiger partial charge in [-0.2, -0.15) is 0 Å². The van der Waals surface area contributed by atoms with Gasteiger partial charge in [0.1, 0.15) is 5.78 Å². The highest BCUT2D eigenvalue weighted by Crippen LogP contribution is 2.31. The molecule has 1 aromatic heterocycles. The Hall–Kier alpha value is -1.47. The highest BCUT2D eigenvalue weighted by molar-refractivity contribution is 8.01. The highest BCUT2D eigenvalue weighted by atomic mass is 32.2. The summed E-state index contributed by atoms with van der Waals surface area (Å²) < 4.78 is 1.53. The molecule has 0 radical (unpaired) electrons. The second-order valence-electron chi connectivity index (χ2n) is 3.38. The van der Waals surface area contributed by atoms with E-state index in [0.29, 0.717) is 5.75 Å². The molecule has 7 heteroatoms. The van der Waals surface area contributed by atoms with Crippen molar-refractivity contribution in [3.8, 4) is 0 Å². The van der Waals surface area contributed by atoms with Crippen molar-refractivity contribution < 1.29 is 9.72 Å². The summed E-state index contributed by atoms with van der Waals surface area (Å²) in [4.78, 5) is 25.3. The van der Waals surface area contributed by atoms with Crippen LogP contribution in [0, 0.1) is 10.1 Å². The number of Topliss-reactive ketones (excluding diaryl/α,β-unsaturated/α-hetero) is 1. The Morgan fingerprint density at radius 3 is 3.00 bits per heavy atom. The highest BCUT2D eigenvalue weighted by Gasteiger charge is 2.10. The molecule has 0 saturated heterocycles. The summed E-state index contributed by atoms with van der Waals surface area (Å²) in [5.74, 6) is 0.460. The Labute approximate surface area is 105 Å². The van der Waals surface area contributed by atoms with Gasteiger partial charge < -0.3 is 0 Å². The molecule has 0 unspecified atom stereocenters. The van der Waals surface area contributed by atoms with Crippen LogP contribution in [0.1, 0.15) is 6.92 Å².